The van der Waals surface area contributed by atoms with Crippen molar-refractivity contribution in [1.29, 1.82) is 0 Å². The van der Waals surface area contributed by atoms with Gasteiger partial charge in [0.25, 0.3) is 0 Å². The SMILES string of the molecule is CCc1cc(CC(NC)C2CCCC2C)n(C)n1. The summed E-state index contributed by atoms with van der Waals surface area (Å²) in [5, 5.41) is 8.09. The van der Waals surface area contributed by atoms with E-state index in [0.29, 0.717) is 6.04 Å². The monoisotopic (exact) mass is 249 g/mol. The van der Waals surface area contributed by atoms with Gasteiger partial charge in [0, 0.05) is 25.2 Å². The zero-order valence-electron chi connectivity index (χ0n) is 12.2. The zero-order valence-corrected chi connectivity index (χ0v) is 12.2. The van der Waals surface area contributed by atoms with Gasteiger partial charge in [0.1, 0.15) is 0 Å². The van der Waals surface area contributed by atoms with Crippen molar-refractivity contribution in [3.63, 3.8) is 0 Å². The van der Waals surface area contributed by atoms with E-state index in [4.69, 9.17) is 0 Å². The van der Waals surface area contributed by atoms with Crippen molar-refractivity contribution in [3.8, 4) is 0 Å². The molecule has 1 saturated carbocycles. The standard InChI is InChI=1S/C15H27N3/c1-5-12-9-13(18(4)17-12)10-15(16-3)14-8-6-7-11(14)2/h9,11,14-16H,5-8,10H2,1-4H3. The Morgan fingerprint density at radius 3 is 2.78 bits per heavy atom. The predicted octanol–water partition coefficient (Wildman–Crippen LogP) is 2.55. The predicted molar refractivity (Wildman–Crippen MR) is 75.6 cm³/mol. The van der Waals surface area contributed by atoms with E-state index < -0.39 is 0 Å². The van der Waals surface area contributed by atoms with Crippen LogP contribution in [0.25, 0.3) is 0 Å². The van der Waals surface area contributed by atoms with Crippen molar-refractivity contribution < 1.29 is 0 Å². The Bertz CT molecular complexity index is 383. The highest BCUT2D eigenvalue weighted by Crippen LogP contribution is 2.34. The van der Waals surface area contributed by atoms with Crippen molar-refractivity contribution >= 4 is 0 Å². The summed E-state index contributed by atoms with van der Waals surface area (Å²) in [6.07, 6.45) is 6.31. The molecule has 1 aliphatic rings. The van der Waals surface area contributed by atoms with Gasteiger partial charge in [-0.2, -0.15) is 5.10 Å². The van der Waals surface area contributed by atoms with Crippen LogP contribution in [0.1, 0.15) is 44.5 Å². The van der Waals surface area contributed by atoms with Crippen LogP contribution in [0.3, 0.4) is 0 Å². The Morgan fingerprint density at radius 1 is 1.50 bits per heavy atom. The largest absolute Gasteiger partial charge is 0.316 e. The molecule has 3 unspecified atom stereocenters. The summed E-state index contributed by atoms with van der Waals surface area (Å²) < 4.78 is 2.06. The van der Waals surface area contributed by atoms with E-state index in [1.807, 2.05) is 0 Å². The first-order valence-corrected chi connectivity index (χ1v) is 7.34. The van der Waals surface area contributed by atoms with Crippen molar-refractivity contribution in [2.75, 3.05) is 7.05 Å². The molecule has 1 heterocycles. The zero-order chi connectivity index (χ0) is 13.1. The van der Waals surface area contributed by atoms with E-state index in [0.717, 1.165) is 24.7 Å². The van der Waals surface area contributed by atoms with Gasteiger partial charge >= 0.3 is 0 Å². The van der Waals surface area contributed by atoms with Crippen LogP contribution in [0.4, 0.5) is 0 Å². The molecule has 1 fully saturated rings. The lowest BCUT2D eigenvalue weighted by Crippen LogP contribution is -2.37. The number of nitrogens with one attached hydrogen (secondary N) is 1. The number of nitrogens with zero attached hydrogens (tertiary/aromatic N) is 2. The van der Waals surface area contributed by atoms with Crippen LogP contribution >= 0.6 is 0 Å². The number of hydrogen-bond donors (Lipinski definition) is 1. The molecule has 1 aromatic rings. The lowest BCUT2D eigenvalue weighted by Gasteiger charge is -2.26. The van der Waals surface area contributed by atoms with Gasteiger partial charge in [-0.05, 0) is 37.8 Å². The van der Waals surface area contributed by atoms with Crippen LogP contribution in [-0.2, 0) is 19.9 Å². The van der Waals surface area contributed by atoms with Crippen molar-refractivity contribution in [1.82, 2.24) is 15.1 Å². The molecule has 18 heavy (non-hydrogen) atoms. The Labute approximate surface area is 111 Å². The van der Waals surface area contributed by atoms with E-state index in [-0.39, 0.29) is 0 Å². The molecular weight excluding hydrogens is 222 g/mol. The van der Waals surface area contributed by atoms with Crippen molar-refractivity contribution in [3.05, 3.63) is 17.5 Å². The average molecular weight is 249 g/mol. The number of hydrogen-bond acceptors (Lipinski definition) is 2. The third-order valence-corrected chi connectivity index (χ3v) is 4.63. The topological polar surface area (TPSA) is 29.9 Å². The van der Waals surface area contributed by atoms with Gasteiger partial charge in [0.05, 0.1) is 5.69 Å². The molecule has 2 rings (SSSR count). The smallest absolute Gasteiger partial charge is 0.0624 e. The molecule has 3 atom stereocenters. The summed E-state index contributed by atoms with van der Waals surface area (Å²) in [6.45, 7) is 4.57. The van der Waals surface area contributed by atoms with Gasteiger partial charge in [-0.15, -0.1) is 0 Å². The highest BCUT2D eigenvalue weighted by molar-refractivity contribution is 5.12. The van der Waals surface area contributed by atoms with Gasteiger partial charge in [-0.25, -0.2) is 0 Å². The highest BCUT2D eigenvalue weighted by Gasteiger charge is 2.30. The minimum Gasteiger partial charge on any atom is -0.316 e. The third-order valence-electron chi connectivity index (χ3n) is 4.63. The molecule has 0 amide bonds. The first-order valence-electron chi connectivity index (χ1n) is 7.34. The second kappa shape index (κ2) is 5.87. The van der Waals surface area contributed by atoms with E-state index >= 15 is 0 Å². The maximum atomic E-state index is 4.55. The number of aryl methyl sites for hydroxylation is 2. The summed E-state index contributed by atoms with van der Waals surface area (Å²) in [5.74, 6) is 1.69. The fourth-order valence-corrected chi connectivity index (χ4v) is 3.40. The second-order valence-electron chi connectivity index (χ2n) is 5.78. The van der Waals surface area contributed by atoms with Gasteiger partial charge in [-0.3, -0.25) is 4.68 Å². The maximum absolute atomic E-state index is 4.55. The van der Waals surface area contributed by atoms with Crippen LogP contribution in [-0.4, -0.2) is 22.9 Å². The summed E-state index contributed by atoms with van der Waals surface area (Å²) in [5.41, 5.74) is 2.58. The molecular formula is C15H27N3. The van der Waals surface area contributed by atoms with Crippen LogP contribution in [0.2, 0.25) is 0 Å². The molecule has 3 heteroatoms. The van der Waals surface area contributed by atoms with Gasteiger partial charge < -0.3 is 5.32 Å². The maximum Gasteiger partial charge on any atom is 0.0624 e. The normalized spacial score (nSPS) is 25.6. The fourth-order valence-electron chi connectivity index (χ4n) is 3.40. The quantitative estimate of drug-likeness (QED) is 0.869. The first-order chi connectivity index (χ1) is 8.65. The van der Waals surface area contributed by atoms with E-state index in [1.165, 1.54) is 30.7 Å². The minimum absolute atomic E-state index is 0.600. The molecule has 1 aromatic heterocycles. The van der Waals surface area contributed by atoms with Crippen LogP contribution in [0.15, 0.2) is 6.07 Å². The first kappa shape index (κ1) is 13.6. The van der Waals surface area contributed by atoms with Gasteiger partial charge in [0.15, 0.2) is 0 Å². The third kappa shape index (κ3) is 2.77. The molecule has 0 bridgehead atoms. The number of aromatic nitrogens is 2. The molecule has 0 saturated heterocycles. The molecule has 0 aromatic carbocycles. The van der Waals surface area contributed by atoms with E-state index in [9.17, 15) is 0 Å². The summed E-state index contributed by atoms with van der Waals surface area (Å²) in [4.78, 5) is 0. The molecule has 3 nitrogen and oxygen atoms in total. The minimum atomic E-state index is 0.600. The number of likely N-dealkylation sites (N-methyl/N-ethyl adjacent to an activating group) is 1. The van der Waals surface area contributed by atoms with E-state index in [1.54, 1.807) is 0 Å². The lowest BCUT2D eigenvalue weighted by molar-refractivity contribution is 0.304. The summed E-state index contributed by atoms with van der Waals surface area (Å²) in [7, 11) is 4.17. The van der Waals surface area contributed by atoms with Crippen molar-refractivity contribution in [2.45, 2.75) is 52.0 Å². The van der Waals surface area contributed by atoms with Gasteiger partial charge in [-0.1, -0.05) is 26.7 Å². The van der Waals surface area contributed by atoms with Crippen LogP contribution in [0, 0.1) is 11.8 Å². The second-order valence-corrected chi connectivity index (χ2v) is 5.78. The van der Waals surface area contributed by atoms with Gasteiger partial charge in [0.2, 0.25) is 0 Å². The molecule has 102 valence electrons. The average Bonchev–Trinajstić information content (AvgIpc) is 2.93. The number of rotatable bonds is 5. The lowest BCUT2D eigenvalue weighted by atomic mass is 9.87. The Hall–Kier alpha value is -0.830. The Balaban J connectivity index is 2.07. The Morgan fingerprint density at radius 2 is 2.28 bits per heavy atom. The summed E-state index contributed by atoms with van der Waals surface area (Å²) in [6, 6.07) is 2.87. The molecule has 0 radical (unpaired) electrons. The van der Waals surface area contributed by atoms with E-state index in [2.05, 4.69) is 49.1 Å². The van der Waals surface area contributed by atoms with Crippen LogP contribution < -0.4 is 5.32 Å². The molecule has 0 aliphatic heterocycles. The Kier molecular flexibility index (Phi) is 4.44. The molecule has 1 N–H and O–H groups in total. The molecule has 1 aliphatic carbocycles. The van der Waals surface area contributed by atoms with Crippen LogP contribution in [0.5, 0.6) is 0 Å². The fraction of sp³-hybridized carbons (Fsp3) is 0.800. The van der Waals surface area contributed by atoms with Crippen molar-refractivity contribution in [2.24, 2.45) is 18.9 Å². The molecule has 0 spiro atoms. The highest BCUT2D eigenvalue weighted by atomic mass is 15.3. The summed E-state index contributed by atoms with van der Waals surface area (Å²) >= 11 is 0.